The molecule has 0 saturated carbocycles. The quantitative estimate of drug-likeness (QED) is 0.601. The Hall–Kier alpha value is -1.46. The molecule has 0 aliphatic heterocycles. The molecule has 2 aromatic rings. The van der Waals surface area contributed by atoms with E-state index in [0.29, 0.717) is 11.3 Å². The smallest absolute Gasteiger partial charge is 0.181 e. The summed E-state index contributed by atoms with van der Waals surface area (Å²) in [6.07, 6.45) is 0.955. The molecular formula is C8H10N4O. The highest BCUT2D eigenvalue weighted by Gasteiger charge is 2.12. The summed E-state index contributed by atoms with van der Waals surface area (Å²) in [5.74, 6) is 0. The van der Waals surface area contributed by atoms with Gasteiger partial charge >= 0.3 is 0 Å². The Kier molecular flexibility index (Phi) is 1.96. The number of nitrogens with zero attached hydrogens (tertiary/aromatic N) is 2. The molecule has 68 valence electrons. The number of rotatable bonds is 2. The average molecular weight is 178 g/mol. The standard InChI is InChI=1S/C8H10N4O/c9-4-6(13)7-5-2-1-3-10-8(5)12-11-7/h1-3,6,13H,4,9H2,(H,10,11,12). The number of hydrogen-bond donors (Lipinski definition) is 3. The number of fused-ring (bicyclic) bond motifs is 1. The zero-order valence-corrected chi connectivity index (χ0v) is 6.94. The van der Waals surface area contributed by atoms with Crippen molar-refractivity contribution < 1.29 is 5.11 Å². The topological polar surface area (TPSA) is 87.8 Å². The van der Waals surface area contributed by atoms with Crippen LogP contribution in [-0.4, -0.2) is 26.8 Å². The summed E-state index contributed by atoms with van der Waals surface area (Å²) in [6.45, 7) is 0.173. The minimum absolute atomic E-state index is 0.173. The molecule has 0 spiro atoms. The minimum Gasteiger partial charge on any atom is -0.385 e. The van der Waals surface area contributed by atoms with Gasteiger partial charge in [0.2, 0.25) is 0 Å². The van der Waals surface area contributed by atoms with Crippen LogP contribution in [0.4, 0.5) is 0 Å². The van der Waals surface area contributed by atoms with Crippen LogP contribution in [0.25, 0.3) is 11.0 Å². The largest absolute Gasteiger partial charge is 0.385 e. The molecule has 1 atom stereocenters. The zero-order chi connectivity index (χ0) is 9.26. The lowest BCUT2D eigenvalue weighted by atomic mass is 10.2. The van der Waals surface area contributed by atoms with Gasteiger partial charge in [-0.3, -0.25) is 5.10 Å². The number of aliphatic hydroxyl groups is 1. The fourth-order valence-corrected chi connectivity index (χ4v) is 1.24. The van der Waals surface area contributed by atoms with Crippen molar-refractivity contribution in [1.29, 1.82) is 0 Å². The SMILES string of the molecule is NCC(O)c1[nH]nc2ncccc12. The summed E-state index contributed by atoms with van der Waals surface area (Å²) in [5.41, 5.74) is 6.57. The molecule has 0 saturated heterocycles. The highest BCUT2D eigenvalue weighted by Crippen LogP contribution is 2.18. The Labute approximate surface area is 74.6 Å². The molecule has 13 heavy (non-hydrogen) atoms. The molecule has 2 rings (SSSR count). The third-order valence-corrected chi connectivity index (χ3v) is 1.92. The van der Waals surface area contributed by atoms with Gasteiger partial charge in [0.25, 0.3) is 0 Å². The van der Waals surface area contributed by atoms with Gasteiger partial charge < -0.3 is 10.8 Å². The molecule has 0 aromatic carbocycles. The van der Waals surface area contributed by atoms with Crippen molar-refractivity contribution in [1.82, 2.24) is 15.2 Å². The second kappa shape index (κ2) is 3.12. The number of hydrogen-bond acceptors (Lipinski definition) is 4. The summed E-state index contributed by atoms with van der Waals surface area (Å²) in [4.78, 5) is 4.02. The Morgan fingerprint density at radius 1 is 1.62 bits per heavy atom. The molecule has 0 amide bonds. The fourth-order valence-electron chi connectivity index (χ4n) is 1.24. The van der Waals surface area contributed by atoms with E-state index in [0.717, 1.165) is 5.39 Å². The first kappa shape index (κ1) is 8.15. The lowest BCUT2D eigenvalue weighted by Crippen LogP contribution is -2.12. The highest BCUT2D eigenvalue weighted by molar-refractivity contribution is 5.77. The van der Waals surface area contributed by atoms with Gasteiger partial charge in [-0.15, -0.1) is 0 Å². The number of H-pyrrole nitrogens is 1. The van der Waals surface area contributed by atoms with Crippen LogP contribution in [0.15, 0.2) is 18.3 Å². The van der Waals surface area contributed by atoms with Gasteiger partial charge in [-0.05, 0) is 12.1 Å². The van der Waals surface area contributed by atoms with E-state index >= 15 is 0 Å². The summed E-state index contributed by atoms with van der Waals surface area (Å²) in [7, 11) is 0. The lowest BCUT2D eigenvalue weighted by Gasteiger charge is -2.03. The van der Waals surface area contributed by atoms with Crippen LogP contribution in [0.1, 0.15) is 11.8 Å². The molecule has 0 aliphatic carbocycles. The summed E-state index contributed by atoms with van der Waals surface area (Å²) < 4.78 is 0. The van der Waals surface area contributed by atoms with E-state index in [1.165, 1.54) is 0 Å². The van der Waals surface area contributed by atoms with Crippen LogP contribution in [0.3, 0.4) is 0 Å². The molecule has 2 aromatic heterocycles. The van der Waals surface area contributed by atoms with E-state index < -0.39 is 6.10 Å². The number of aromatic nitrogens is 3. The number of nitrogens with one attached hydrogen (secondary N) is 1. The Morgan fingerprint density at radius 3 is 3.23 bits per heavy atom. The summed E-state index contributed by atoms with van der Waals surface area (Å²) in [5, 5.41) is 17.0. The molecule has 5 nitrogen and oxygen atoms in total. The number of aromatic amines is 1. The maximum atomic E-state index is 9.49. The lowest BCUT2D eigenvalue weighted by molar-refractivity contribution is 0.183. The van der Waals surface area contributed by atoms with Crippen LogP contribution in [0.2, 0.25) is 0 Å². The zero-order valence-electron chi connectivity index (χ0n) is 6.94. The Balaban J connectivity index is 2.57. The summed E-state index contributed by atoms with van der Waals surface area (Å²) >= 11 is 0. The third-order valence-electron chi connectivity index (χ3n) is 1.92. The highest BCUT2D eigenvalue weighted by atomic mass is 16.3. The van der Waals surface area contributed by atoms with Crippen molar-refractivity contribution in [3.8, 4) is 0 Å². The number of aliphatic hydroxyl groups excluding tert-OH is 1. The van der Waals surface area contributed by atoms with Crippen LogP contribution in [-0.2, 0) is 0 Å². The first-order valence-electron chi connectivity index (χ1n) is 4.00. The van der Waals surface area contributed by atoms with Crippen molar-refractivity contribution in [2.45, 2.75) is 6.10 Å². The number of nitrogens with two attached hydrogens (primary N) is 1. The molecule has 4 N–H and O–H groups in total. The van der Waals surface area contributed by atoms with E-state index in [9.17, 15) is 5.11 Å². The minimum atomic E-state index is -0.700. The van der Waals surface area contributed by atoms with Gasteiger partial charge in [0.15, 0.2) is 5.65 Å². The third kappa shape index (κ3) is 1.28. The number of pyridine rings is 1. The second-order valence-corrected chi connectivity index (χ2v) is 2.76. The van der Waals surface area contributed by atoms with Gasteiger partial charge in [-0.25, -0.2) is 4.98 Å². The molecule has 0 fully saturated rings. The first-order valence-corrected chi connectivity index (χ1v) is 4.00. The van der Waals surface area contributed by atoms with Gasteiger partial charge in [0, 0.05) is 18.1 Å². The molecule has 5 heteroatoms. The molecule has 0 radical (unpaired) electrons. The van der Waals surface area contributed by atoms with Crippen LogP contribution in [0, 0.1) is 0 Å². The molecule has 0 bridgehead atoms. The maximum Gasteiger partial charge on any atom is 0.181 e. The predicted molar refractivity (Wildman–Crippen MR) is 47.9 cm³/mol. The van der Waals surface area contributed by atoms with Gasteiger partial charge in [0.1, 0.15) is 6.10 Å². The van der Waals surface area contributed by atoms with Gasteiger partial charge in [-0.1, -0.05) is 0 Å². The van der Waals surface area contributed by atoms with E-state index in [4.69, 9.17) is 5.73 Å². The van der Waals surface area contributed by atoms with Crippen molar-refractivity contribution in [3.63, 3.8) is 0 Å². The van der Waals surface area contributed by atoms with Gasteiger partial charge in [-0.2, -0.15) is 5.10 Å². The summed E-state index contributed by atoms with van der Waals surface area (Å²) in [6, 6.07) is 3.64. The molecule has 1 unspecified atom stereocenters. The van der Waals surface area contributed by atoms with Crippen LogP contribution < -0.4 is 5.73 Å². The first-order chi connectivity index (χ1) is 6.33. The second-order valence-electron chi connectivity index (χ2n) is 2.76. The van der Waals surface area contributed by atoms with E-state index in [1.807, 2.05) is 6.07 Å². The van der Waals surface area contributed by atoms with Crippen LogP contribution in [0.5, 0.6) is 0 Å². The molecule has 0 aliphatic rings. The fraction of sp³-hybridized carbons (Fsp3) is 0.250. The molecular weight excluding hydrogens is 168 g/mol. The van der Waals surface area contributed by atoms with Crippen molar-refractivity contribution in [3.05, 3.63) is 24.0 Å². The average Bonchev–Trinajstić information content (AvgIpc) is 2.60. The van der Waals surface area contributed by atoms with Crippen LogP contribution >= 0.6 is 0 Å². The Morgan fingerprint density at radius 2 is 2.46 bits per heavy atom. The van der Waals surface area contributed by atoms with E-state index in [-0.39, 0.29) is 6.54 Å². The van der Waals surface area contributed by atoms with Crippen molar-refractivity contribution in [2.24, 2.45) is 5.73 Å². The Bertz CT molecular complexity index is 411. The predicted octanol–water partition coefficient (Wildman–Crippen LogP) is -0.0500. The van der Waals surface area contributed by atoms with Crippen molar-refractivity contribution >= 4 is 11.0 Å². The van der Waals surface area contributed by atoms with E-state index in [1.54, 1.807) is 12.3 Å². The monoisotopic (exact) mass is 178 g/mol. The van der Waals surface area contributed by atoms with Crippen molar-refractivity contribution in [2.75, 3.05) is 6.54 Å². The normalized spacial score (nSPS) is 13.4. The van der Waals surface area contributed by atoms with Gasteiger partial charge in [0.05, 0.1) is 5.69 Å². The van der Waals surface area contributed by atoms with E-state index in [2.05, 4.69) is 15.2 Å². The molecule has 2 heterocycles. The maximum absolute atomic E-state index is 9.49.